The first kappa shape index (κ1) is 11.6. The summed E-state index contributed by atoms with van der Waals surface area (Å²) in [7, 11) is 0. The van der Waals surface area contributed by atoms with Gasteiger partial charge < -0.3 is 10.0 Å². The van der Waals surface area contributed by atoms with Gasteiger partial charge in [-0.15, -0.1) is 0 Å². The van der Waals surface area contributed by atoms with Crippen LogP contribution in [0.5, 0.6) is 0 Å². The lowest BCUT2D eigenvalue weighted by atomic mass is 9.98. The molecule has 2 rings (SSSR count). The Labute approximate surface area is 97.9 Å². The van der Waals surface area contributed by atoms with Crippen LogP contribution in [-0.4, -0.2) is 35.7 Å². The highest BCUT2D eigenvalue weighted by Crippen LogP contribution is 2.20. The molecule has 1 aliphatic rings. The van der Waals surface area contributed by atoms with Gasteiger partial charge >= 0.3 is 0 Å². The number of rotatable bonds is 4. The molecule has 16 heavy (non-hydrogen) atoms. The van der Waals surface area contributed by atoms with Gasteiger partial charge in [-0.25, -0.2) is 0 Å². The minimum Gasteiger partial charge on any atom is -0.392 e. The van der Waals surface area contributed by atoms with Crippen LogP contribution in [0, 0.1) is 0 Å². The summed E-state index contributed by atoms with van der Waals surface area (Å²) in [6.45, 7) is 5.30. The first-order valence-corrected chi connectivity index (χ1v) is 6.21. The number of hydrogen-bond donors (Lipinski definition) is 1. The predicted molar refractivity (Wildman–Crippen MR) is 66.5 cm³/mol. The van der Waals surface area contributed by atoms with E-state index in [-0.39, 0.29) is 6.10 Å². The normalized spacial score (nSPS) is 23.5. The molecule has 1 fully saturated rings. The highest BCUT2D eigenvalue weighted by molar-refractivity contribution is 5.18. The van der Waals surface area contributed by atoms with Crippen LogP contribution in [0.4, 0.5) is 0 Å². The van der Waals surface area contributed by atoms with Gasteiger partial charge in [0.05, 0.1) is 6.10 Å². The number of nitrogens with zero attached hydrogens (tertiary/aromatic N) is 1. The molecule has 2 heteroatoms. The fourth-order valence-electron chi connectivity index (χ4n) is 2.34. The van der Waals surface area contributed by atoms with Gasteiger partial charge in [-0.3, -0.25) is 0 Å². The van der Waals surface area contributed by atoms with Gasteiger partial charge in [-0.2, -0.15) is 0 Å². The third-order valence-electron chi connectivity index (χ3n) is 3.49. The van der Waals surface area contributed by atoms with Gasteiger partial charge in [0.25, 0.3) is 0 Å². The Hall–Kier alpha value is -0.860. The smallest absolute Gasteiger partial charge is 0.0679 e. The van der Waals surface area contributed by atoms with E-state index < -0.39 is 0 Å². The highest BCUT2D eigenvalue weighted by Gasteiger charge is 2.20. The second kappa shape index (κ2) is 5.46. The van der Waals surface area contributed by atoms with E-state index >= 15 is 0 Å². The molecule has 1 N–H and O–H groups in total. The molecule has 2 nitrogen and oxygen atoms in total. The van der Waals surface area contributed by atoms with Gasteiger partial charge in [0.15, 0.2) is 0 Å². The minimum atomic E-state index is -0.0907. The molecule has 0 amide bonds. The Morgan fingerprint density at radius 3 is 2.75 bits per heavy atom. The molecule has 88 valence electrons. The van der Waals surface area contributed by atoms with Crippen molar-refractivity contribution < 1.29 is 5.11 Å². The lowest BCUT2D eigenvalue weighted by Gasteiger charge is -2.18. The van der Waals surface area contributed by atoms with Crippen molar-refractivity contribution in [2.24, 2.45) is 0 Å². The summed E-state index contributed by atoms with van der Waals surface area (Å²) >= 11 is 0. The lowest BCUT2D eigenvalue weighted by Crippen LogP contribution is -2.24. The molecule has 1 saturated heterocycles. The van der Waals surface area contributed by atoms with Crippen LogP contribution in [0.3, 0.4) is 0 Å². The summed E-state index contributed by atoms with van der Waals surface area (Å²) < 4.78 is 0. The maximum atomic E-state index is 9.44. The monoisotopic (exact) mass is 219 g/mol. The molecule has 1 aromatic carbocycles. The van der Waals surface area contributed by atoms with E-state index in [0.29, 0.717) is 5.92 Å². The third-order valence-corrected chi connectivity index (χ3v) is 3.49. The molecule has 0 aromatic heterocycles. The molecule has 1 aliphatic heterocycles. The summed E-state index contributed by atoms with van der Waals surface area (Å²) in [5.41, 5.74) is 1.42. The average Bonchev–Trinajstić information content (AvgIpc) is 2.73. The lowest BCUT2D eigenvalue weighted by molar-refractivity contribution is 0.175. The zero-order valence-electron chi connectivity index (χ0n) is 9.97. The second-order valence-corrected chi connectivity index (χ2v) is 4.84. The van der Waals surface area contributed by atoms with Crippen molar-refractivity contribution in [2.75, 3.05) is 19.6 Å². The number of benzene rings is 1. The third kappa shape index (κ3) is 3.06. The van der Waals surface area contributed by atoms with Crippen molar-refractivity contribution in [2.45, 2.75) is 31.8 Å². The molecule has 2 atom stereocenters. The van der Waals surface area contributed by atoms with E-state index in [0.717, 1.165) is 26.1 Å². The largest absolute Gasteiger partial charge is 0.392 e. The maximum Gasteiger partial charge on any atom is 0.0679 e. The molecule has 1 heterocycles. The zero-order valence-corrected chi connectivity index (χ0v) is 9.97. The Bertz CT molecular complexity index is 312. The van der Waals surface area contributed by atoms with Gasteiger partial charge in [0.1, 0.15) is 0 Å². The van der Waals surface area contributed by atoms with Crippen molar-refractivity contribution in [3.8, 4) is 0 Å². The van der Waals surface area contributed by atoms with E-state index in [1.165, 1.54) is 12.0 Å². The Balaban J connectivity index is 1.78. The van der Waals surface area contributed by atoms with Crippen LogP contribution in [-0.2, 0) is 0 Å². The topological polar surface area (TPSA) is 23.5 Å². The molecule has 1 aromatic rings. The predicted octanol–water partition coefficient (Wildman–Crippen LogP) is 2.25. The van der Waals surface area contributed by atoms with Crippen LogP contribution < -0.4 is 0 Å². The Kier molecular flexibility index (Phi) is 3.97. The van der Waals surface area contributed by atoms with Crippen molar-refractivity contribution in [3.05, 3.63) is 35.9 Å². The first-order chi connectivity index (χ1) is 7.75. The van der Waals surface area contributed by atoms with Crippen LogP contribution in [0.2, 0.25) is 0 Å². The minimum absolute atomic E-state index is 0.0907. The van der Waals surface area contributed by atoms with E-state index in [1.807, 2.05) is 0 Å². The Morgan fingerprint density at radius 1 is 1.38 bits per heavy atom. The van der Waals surface area contributed by atoms with Gasteiger partial charge in [0.2, 0.25) is 0 Å². The number of β-amino-alcohol motifs (C(OH)–C–C–N with tert-alkyl or cyclic N) is 1. The van der Waals surface area contributed by atoms with Crippen LogP contribution in [0.25, 0.3) is 0 Å². The van der Waals surface area contributed by atoms with Crippen LogP contribution in [0.15, 0.2) is 30.3 Å². The molecule has 0 aliphatic carbocycles. The number of aliphatic hydroxyl groups is 1. The van der Waals surface area contributed by atoms with E-state index in [2.05, 4.69) is 42.2 Å². The Morgan fingerprint density at radius 2 is 2.12 bits per heavy atom. The summed E-state index contributed by atoms with van der Waals surface area (Å²) in [5.74, 6) is 0.610. The van der Waals surface area contributed by atoms with Gasteiger partial charge in [-0.1, -0.05) is 37.3 Å². The molecule has 0 saturated carbocycles. The summed E-state index contributed by atoms with van der Waals surface area (Å²) in [4.78, 5) is 2.37. The molecule has 0 bridgehead atoms. The van der Waals surface area contributed by atoms with Crippen molar-refractivity contribution in [1.82, 2.24) is 4.90 Å². The fourth-order valence-corrected chi connectivity index (χ4v) is 2.34. The average molecular weight is 219 g/mol. The van der Waals surface area contributed by atoms with Crippen LogP contribution in [0.1, 0.15) is 31.2 Å². The standard InChI is InChI=1S/C14H21NO/c1-12(13-5-3-2-4-6-13)7-9-15-10-8-14(16)11-15/h2-6,12,14,16H,7-11H2,1H3/t12-,14+/m0/s1. The van der Waals surface area contributed by atoms with E-state index in [9.17, 15) is 5.11 Å². The molecule has 0 radical (unpaired) electrons. The first-order valence-electron chi connectivity index (χ1n) is 6.21. The van der Waals surface area contributed by atoms with E-state index in [1.54, 1.807) is 0 Å². The van der Waals surface area contributed by atoms with Gasteiger partial charge in [-0.05, 0) is 30.9 Å². The molecular weight excluding hydrogens is 198 g/mol. The quantitative estimate of drug-likeness (QED) is 0.839. The number of likely N-dealkylation sites (tertiary alicyclic amines) is 1. The van der Waals surface area contributed by atoms with Gasteiger partial charge in [0, 0.05) is 13.1 Å². The number of hydrogen-bond acceptors (Lipinski definition) is 2. The summed E-state index contributed by atoms with van der Waals surface area (Å²) in [6, 6.07) is 10.7. The number of aliphatic hydroxyl groups excluding tert-OH is 1. The zero-order chi connectivity index (χ0) is 11.4. The van der Waals surface area contributed by atoms with E-state index in [4.69, 9.17) is 0 Å². The van der Waals surface area contributed by atoms with Crippen molar-refractivity contribution in [3.63, 3.8) is 0 Å². The molecule has 0 spiro atoms. The van der Waals surface area contributed by atoms with Crippen molar-refractivity contribution in [1.29, 1.82) is 0 Å². The second-order valence-electron chi connectivity index (χ2n) is 4.84. The maximum absolute atomic E-state index is 9.44. The fraction of sp³-hybridized carbons (Fsp3) is 0.571. The van der Waals surface area contributed by atoms with Crippen molar-refractivity contribution >= 4 is 0 Å². The van der Waals surface area contributed by atoms with Crippen LogP contribution >= 0.6 is 0 Å². The molecular formula is C14H21NO. The SMILES string of the molecule is C[C@@H](CCN1CC[C@@H](O)C1)c1ccccc1. The highest BCUT2D eigenvalue weighted by atomic mass is 16.3. The summed E-state index contributed by atoms with van der Waals surface area (Å²) in [6.07, 6.45) is 2.03. The summed E-state index contributed by atoms with van der Waals surface area (Å²) in [5, 5.41) is 9.44. The molecule has 0 unspecified atom stereocenters.